The standard InChI is InChI=1S/C25H33N5O4/c1-16-7-10-19(26-23(33)18-8-9-18)15-20(16)27-21(32)11-12-22-28-24(30-34-22)25(29-17(2)31)13-5-3-4-6-14-25/h7,10,15,18H,3-6,8-9,11-14H2,1-2H3,(H,26,33)(H,27,32)(H,29,31). The van der Waals surface area contributed by atoms with Crippen LogP contribution in [0.5, 0.6) is 0 Å². The predicted molar refractivity (Wildman–Crippen MR) is 127 cm³/mol. The monoisotopic (exact) mass is 467 g/mol. The van der Waals surface area contributed by atoms with Crippen LogP contribution in [0.25, 0.3) is 0 Å². The second-order valence-electron chi connectivity index (χ2n) is 9.53. The van der Waals surface area contributed by atoms with Crippen molar-refractivity contribution in [3.63, 3.8) is 0 Å². The van der Waals surface area contributed by atoms with Crippen molar-refractivity contribution < 1.29 is 18.9 Å². The third-order valence-corrected chi connectivity index (χ3v) is 6.56. The molecular weight excluding hydrogens is 434 g/mol. The molecule has 2 aliphatic rings. The minimum atomic E-state index is -0.602. The van der Waals surface area contributed by atoms with E-state index in [9.17, 15) is 14.4 Å². The van der Waals surface area contributed by atoms with Crippen LogP contribution in [0.4, 0.5) is 11.4 Å². The zero-order chi connectivity index (χ0) is 24.1. The van der Waals surface area contributed by atoms with Crippen LogP contribution < -0.4 is 16.0 Å². The Morgan fingerprint density at radius 3 is 2.50 bits per heavy atom. The van der Waals surface area contributed by atoms with E-state index in [1.165, 1.54) is 6.92 Å². The Balaban J connectivity index is 1.36. The van der Waals surface area contributed by atoms with Crippen LogP contribution in [0.15, 0.2) is 22.7 Å². The lowest BCUT2D eigenvalue weighted by Crippen LogP contribution is -2.45. The van der Waals surface area contributed by atoms with E-state index in [2.05, 4.69) is 26.1 Å². The summed E-state index contributed by atoms with van der Waals surface area (Å²) in [5.41, 5.74) is 1.64. The molecule has 1 aromatic heterocycles. The molecule has 34 heavy (non-hydrogen) atoms. The highest BCUT2D eigenvalue weighted by Crippen LogP contribution is 2.35. The molecule has 0 aliphatic heterocycles. The van der Waals surface area contributed by atoms with E-state index in [1.807, 2.05) is 19.1 Å². The summed E-state index contributed by atoms with van der Waals surface area (Å²) in [6.45, 7) is 3.41. The summed E-state index contributed by atoms with van der Waals surface area (Å²) >= 11 is 0. The van der Waals surface area contributed by atoms with Gasteiger partial charge in [0.25, 0.3) is 0 Å². The number of amides is 3. The second kappa shape index (κ2) is 10.4. The molecule has 0 spiro atoms. The van der Waals surface area contributed by atoms with Gasteiger partial charge in [0, 0.05) is 37.1 Å². The maximum Gasteiger partial charge on any atom is 0.227 e. The van der Waals surface area contributed by atoms with E-state index in [-0.39, 0.29) is 30.1 Å². The number of benzene rings is 1. The molecule has 2 fully saturated rings. The van der Waals surface area contributed by atoms with Crippen LogP contribution in [0, 0.1) is 12.8 Å². The summed E-state index contributed by atoms with van der Waals surface area (Å²) < 4.78 is 5.44. The van der Waals surface area contributed by atoms with Gasteiger partial charge >= 0.3 is 0 Å². The zero-order valence-electron chi connectivity index (χ0n) is 19.9. The van der Waals surface area contributed by atoms with Crippen LogP contribution in [0.2, 0.25) is 0 Å². The minimum Gasteiger partial charge on any atom is -0.343 e. The van der Waals surface area contributed by atoms with Crippen molar-refractivity contribution in [1.82, 2.24) is 15.5 Å². The molecular formula is C25H33N5O4. The van der Waals surface area contributed by atoms with Gasteiger partial charge in [0.2, 0.25) is 23.6 Å². The Bertz CT molecular complexity index is 1050. The fourth-order valence-corrected chi connectivity index (χ4v) is 4.48. The second-order valence-corrected chi connectivity index (χ2v) is 9.53. The highest BCUT2D eigenvalue weighted by atomic mass is 16.5. The Hall–Kier alpha value is -3.23. The quantitative estimate of drug-likeness (QED) is 0.504. The average Bonchev–Trinajstić information content (AvgIpc) is 3.58. The van der Waals surface area contributed by atoms with Crippen molar-refractivity contribution >= 4 is 29.1 Å². The molecule has 182 valence electrons. The maximum absolute atomic E-state index is 12.6. The van der Waals surface area contributed by atoms with Crippen molar-refractivity contribution in [2.24, 2.45) is 5.92 Å². The van der Waals surface area contributed by atoms with Crippen LogP contribution in [0.1, 0.15) is 82.0 Å². The molecule has 0 bridgehead atoms. The Morgan fingerprint density at radius 2 is 1.82 bits per heavy atom. The van der Waals surface area contributed by atoms with Gasteiger partial charge in [0.1, 0.15) is 5.54 Å². The smallest absolute Gasteiger partial charge is 0.227 e. The van der Waals surface area contributed by atoms with Crippen molar-refractivity contribution in [2.75, 3.05) is 10.6 Å². The first-order chi connectivity index (χ1) is 16.3. The highest BCUT2D eigenvalue weighted by Gasteiger charge is 2.38. The molecule has 0 unspecified atom stereocenters. The maximum atomic E-state index is 12.6. The molecule has 1 aromatic carbocycles. The van der Waals surface area contributed by atoms with E-state index in [0.717, 1.165) is 56.9 Å². The zero-order valence-corrected chi connectivity index (χ0v) is 19.9. The Labute approximate surface area is 199 Å². The number of hydrogen-bond donors (Lipinski definition) is 3. The third kappa shape index (κ3) is 6.01. The number of hydrogen-bond acceptors (Lipinski definition) is 6. The van der Waals surface area contributed by atoms with Gasteiger partial charge in [-0.25, -0.2) is 0 Å². The largest absolute Gasteiger partial charge is 0.343 e. The first-order valence-corrected chi connectivity index (χ1v) is 12.2. The molecule has 4 rings (SSSR count). The minimum absolute atomic E-state index is 0.0269. The summed E-state index contributed by atoms with van der Waals surface area (Å²) in [5.74, 6) is 0.717. The van der Waals surface area contributed by atoms with Gasteiger partial charge in [0.05, 0.1) is 0 Å². The molecule has 0 atom stereocenters. The van der Waals surface area contributed by atoms with Crippen LogP contribution >= 0.6 is 0 Å². The number of carbonyl (C=O) groups excluding carboxylic acids is 3. The molecule has 3 amide bonds. The SMILES string of the molecule is CC(=O)NC1(c2noc(CCC(=O)Nc3cc(NC(=O)C4CC4)ccc3C)n2)CCCCCC1. The Kier molecular flexibility index (Phi) is 7.29. The molecule has 0 saturated heterocycles. The number of aromatic nitrogens is 2. The van der Waals surface area contributed by atoms with Gasteiger partial charge in [-0.2, -0.15) is 4.98 Å². The molecule has 9 nitrogen and oxygen atoms in total. The van der Waals surface area contributed by atoms with Gasteiger partial charge in [-0.3, -0.25) is 14.4 Å². The lowest BCUT2D eigenvalue weighted by atomic mass is 9.89. The van der Waals surface area contributed by atoms with Gasteiger partial charge in [-0.1, -0.05) is 36.9 Å². The summed E-state index contributed by atoms with van der Waals surface area (Å²) in [6.07, 6.45) is 8.12. The van der Waals surface area contributed by atoms with Crippen molar-refractivity contribution in [1.29, 1.82) is 0 Å². The summed E-state index contributed by atoms with van der Waals surface area (Å²) in [4.78, 5) is 41.0. The topological polar surface area (TPSA) is 126 Å². The van der Waals surface area contributed by atoms with Crippen LogP contribution in [-0.4, -0.2) is 27.9 Å². The van der Waals surface area contributed by atoms with Crippen molar-refractivity contribution in [2.45, 2.75) is 83.6 Å². The lowest BCUT2D eigenvalue weighted by Gasteiger charge is -2.30. The van der Waals surface area contributed by atoms with Crippen molar-refractivity contribution in [3.05, 3.63) is 35.5 Å². The van der Waals surface area contributed by atoms with Crippen molar-refractivity contribution in [3.8, 4) is 0 Å². The molecule has 9 heteroatoms. The molecule has 2 saturated carbocycles. The fraction of sp³-hybridized carbons (Fsp3) is 0.560. The molecule has 0 radical (unpaired) electrons. The van der Waals surface area contributed by atoms with E-state index in [1.54, 1.807) is 6.07 Å². The van der Waals surface area contributed by atoms with Gasteiger partial charge in [-0.05, 0) is 50.3 Å². The average molecular weight is 468 g/mol. The first kappa shape index (κ1) is 23.9. The van der Waals surface area contributed by atoms with Crippen LogP contribution in [0.3, 0.4) is 0 Å². The number of rotatable bonds is 8. The summed E-state index contributed by atoms with van der Waals surface area (Å²) in [6, 6.07) is 5.49. The lowest BCUT2D eigenvalue weighted by molar-refractivity contribution is -0.121. The van der Waals surface area contributed by atoms with E-state index in [4.69, 9.17) is 4.52 Å². The van der Waals surface area contributed by atoms with Crippen LogP contribution in [-0.2, 0) is 26.3 Å². The molecule has 3 N–H and O–H groups in total. The van der Waals surface area contributed by atoms with Gasteiger partial charge < -0.3 is 20.5 Å². The number of nitrogens with one attached hydrogen (secondary N) is 3. The predicted octanol–water partition coefficient (Wildman–Crippen LogP) is 3.98. The fourth-order valence-electron chi connectivity index (χ4n) is 4.48. The Morgan fingerprint density at radius 1 is 1.09 bits per heavy atom. The van der Waals surface area contributed by atoms with E-state index >= 15 is 0 Å². The first-order valence-electron chi connectivity index (χ1n) is 12.2. The number of aryl methyl sites for hydroxylation is 2. The third-order valence-electron chi connectivity index (χ3n) is 6.56. The summed E-state index contributed by atoms with van der Waals surface area (Å²) in [5, 5.41) is 13.1. The molecule has 2 aromatic rings. The highest BCUT2D eigenvalue weighted by molar-refractivity contribution is 5.96. The van der Waals surface area contributed by atoms with Gasteiger partial charge in [-0.15, -0.1) is 0 Å². The normalized spacial score (nSPS) is 17.5. The summed E-state index contributed by atoms with van der Waals surface area (Å²) in [7, 11) is 0. The number of carbonyl (C=O) groups is 3. The number of anilines is 2. The number of nitrogens with zero attached hydrogens (tertiary/aromatic N) is 2. The molecule has 2 aliphatic carbocycles. The van der Waals surface area contributed by atoms with Gasteiger partial charge in [0.15, 0.2) is 5.82 Å². The van der Waals surface area contributed by atoms with E-state index in [0.29, 0.717) is 29.5 Å². The molecule has 1 heterocycles. The van der Waals surface area contributed by atoms with E-state index < -0.39 is 5.54 Å².